The Bertz CT molecular complexity index is 1200. The minimum atomic E-state index is -0.440. The van der Waals surface area contributed by atoms with Gasteiger partial charge >= 0.3 is 0 Å². The Kier molecular flexibility index (Phi) is 8.44. The van der Waals surface area contributed by atoms with E-state index in [4.69, 9.17) is 10.5 Å². The quantitative estimate of drug-likeness (QED) is 0.295. The second-order valence-corrected chi connectivity index (χ2v) is 9.70. The van der Waals surface area contributed by atoms with Crippen LogP contribution in [0.3, 0.4) is 0 Å². The first-order valence-corrected chi connectivity index (χ1v) is 12.7. The van der Waals surface area contributed by atoms with E-state index < -0.39 is 11.8 Å². The van der Waals surface area contributed by atoms with E-state index >= 15 is 0 Å². The standard InChI is InChI=1S/C26H30N8O4/c27-7-5-23(35)31-19-11-21(33(15-19)13-17-1-2-17)25(37)29-9-10-30-26(38)22-12-20(32-24(36)6-8-28)16-34(22)14-18-3-4-18/h11-12,15-18H,1-6,9-10,13-14H2,(H,29,37)(H,30,38)(H,31,35)(H,32,36). The summed E-state index contributed by atoms with van der Waals surface area (Å²) in [6.45, 7) is 1.70. The van der Waals surface area contributed by atoms with Crippen molar-refractivity contribution in [2.45, 2.75) is 51.6 Å². The van der Waals surface area contributed by atoms with Crippen LogP contribution in [0.25, 0.3) is 0 Å². The second kappa shape index (κ2) is 12.1. The molecule has 0 unspecified atom stereocenters. The lowest BCUT2D eigenvalue weighted by Gasteiger charge is -2.11. The molecule has 2 aliphatic carbocycles. The van der Waals surface area contributed by atoms with Crippen molar-refractivity contribution in [1.82, 2.24) is 19.8 Å². The summed E-state index contributed by atoms with van der Waals surface area (Å²) in [6, 6.07) is 6.75. The Labute approximate surface area is 220 Å². The maximum absolute atomic E-state index is 12.9. The van der Waals surface area contributed by atoms with Crippen LogP contribution in [0.5, 0.6) is 0 Å². The third kappa shape index (κ3) is 7.46. The molecule has 4 amide bonds. The summed E-state index contributed by atoms with van der Waals surface area (Å²) in [4.78, 5) is 49.3. The van der Waals surface area contributed by atoms with Crippen LogP contribution in [-0.4, -0.2) is 45.9 Å². The number of carbonyl (C=O) groups excluding carboxylic acids is 4. The van der Waals surface area contributed by atoms with Crippen molar-refractivity contribution in [3.8, 4) is 12.1 Å². The van der Waals surface area contributed by atoms with Gasteiger partial charge in [0.2, 0.25) is 11.8 Å². The molecule has 0 atom stereocenters. The molecule has 0 aromatic carbocycles. The Morgan fingerprint density at radius 1 is 0.737 bits per heavy atom. The van der Waals surface area contributed by atoms with Gasteiger partial charge in [0.1, 0.15) is 24.2 Å². The SMILES string of the molecule is N#CCC(=O)Nc1cc(C(=O)NCCNC(=O)c2cc(NC(=O)CC#N)cn2CC2CC2)n(CC2CC2)c1. The van der Waals surface area contributed by atoms with Crippen LogP contribution in [0.15, 0.2) is 24.5 Å². The van der Waals surface area contributed by atoms with Gasteiger partial charge in [-0.1, -0.05) is 0 Å². The number of rotatable bonds is 13. The molecule has 0 saturated heterocycles. The largest absolute Gasteiger partial charge is 0.349 e. The van der Waals surface area contributed by atoms with Crippen molar-refractivity contribution < 1.29 is 19.2 Å². The smallest absolute Gasteiger partial charge is 0.268 e. The van der Waals surface area contributed by atoms with E-state index in [1.54, 1.807) is 45.8 Å². The molecule has 0 aliphatic heterocycles. The molecule has 2 saturated carbocycles. The highest BCUT2D eigenvalue weighted by atomic mass is 16.2. The first kappa shape index (κ1) is 26.5. The van der Waals surface area contributed by atoms with E-state index in [0.29, 0.717) is 47.7 Å². The predicted octanol–water partition coefficient (Wildman–Crippen LogP) is 1.97. The fourth-order valence-electron chi connectivity index (χ4n) is 4.08. The van der Waals surface area contributed by atoms with Gasteiger partial charge in [-0.25, -0.2) is 0 Å². The van der Waals surface area contributed by atoms with Gasteiger partial charge in [-0.15, -0.1) is 0 Å². The minimum Gasteiger partial charge on any atom is -0.349 e. The van der Waals surface area contributed by atoms with E-state index in [2.05, 4.69) is 21.3 Å². The monoisotopic (exact) mass is 518 g/mol. The molecule has 198 valence electrons. The first-order chi connectivity index (χ1) is 18.4. The highest BCUT2D eigenvalue weighted by Crippen LogP contribution is 2.32. The van der Waals surface area contributed by atoms with Crippen LogP contribution in [0.2, 0.25) is 0 Å². The van der Waals surface area contributed by atoms with Gasteiger partial charge in [0, 0.05) is 38.6 Å². The van der Waals surface area contributed by atoms with Crippen molar-refractivity contribution in [3.05, 3.63) is 35.9 Å². The maximum Gasteiger partial charge on any atom is 0.268 e. The zero-order valence-corrected chi connectivity index (χ0v) is 21.0. The van der Waals surface area contributed by atoms with Crippen LogP contribution < -0.4 is 21.3 Å². The summed E-state index contributed by atoms with van der Waals surface area (Å²) in [5.41, 5.74) is 1.70. The number of hydrogen-bond acceptors (Lipinski definition) is 6. The predicted molar refractivity (Wildman–Crippen MR) is 137 cm³/mol. The number of anilines is 2. The van der Waals surface area contributed by atoms with E-state index in [1.165, 1.54) is 0 Å². The average molecular weight is 519 g/mol. The summed E-state index contributed by atoms with van der Waals surface area (Å²) in [5.74, 6) is -0.551. The summed E-state index contributed by atoms with van der Waals surface area (Å²) in [7, 11) is 0. The Morgan fingerprint density at radius 3 is 1.47 bits per heavy atom. The Balaban J connectivity index is 1.32. The van der Waals surface area contributed by atoms with Crippen molar-refractivity contribution >= 4 is 35.0 Å². The number of nitrogens with one attached hydrogen (secondary N) is 4. The number of aromatic nitrogens is 2. The molecule has 2 aromatic heterocycles. The molecule has 2 aromatic rings. The van der Waals surface area contributed by atoms with Crippen molar-refractivity contribution in [1.29, 1.82) is 10.5 Å². The number of nitriles is 2. The summed E-state index contributed by atoms with van der Waals surface area (Å²) >= 11 is 0. The molecule has 0 radical (unpaired) electrons. The number of amides is 4. The van der Waals surface area contributed by atoms with Crippen molar-refractivity contribution in [2.75, 3.05) is 23.7 Å². The average Bonchev–Trinajstić information content (AvgIpc) is 3.78. The number of nitrogens with zero attached hydrogens (tertiary/aromatic N) is 4. The lowest BCUT2D eigenvalue weighted by atomic mass is 10.3. The highest BCUT2D eigenvalue weighted by Gasteiger charge is 2.26. The third-order valence-corrected chi connectivity index (χ3v) is 6.30. The molecular weight excluding hydrogens is 488 g/mol. The van der Waals surface area contributed by atoms with E-state index in [-0.39, 0.29) is 37.7 Å². The molecule has 2 aliphatic rings. The minimum absolute atomic E-state index is 0.185. The third-order valence-electron chi connectivity index (χ3n) is 6.30. The number of hydrogen-bond donors (Lipinski definition) is 4. The normalized spacial score (nSPS) is 14.2. The van der Waals surface area contributed by atoms with Gasteiger partial charge < -0.3 is 30.4 Å². The van der Waals surface area contributed by atoms with E-state index in [1.807, 2.05) is 0 Å². The van der Waals surface area contributed by atoms with Crippen molar-refractivity contribution in [2.24, 2.45) is 11.8 Å². The summed E-state index contributed by atoms with van der Waals surface area (Å²) in [5, 5.41) is 28.3. The molecule has 2 heterocycles. The van der Waals surface area contributed by atoms with Crippen LogP contribution in [0.4, 0.5) is 11.4 Å². The van der Waals surface area contributed by atoms with Gasteiger partial charge in [-0.3, -0.25) is 19.2 Å². The van der Waals surface area contributed by atoms with E-state index in [0.717, 1.165) is 25.7 Å². The molecule has 4 N–H and O–H groups in total. The lowest BCUT2D eigenvalue weighted by Crippen LogP contribution is -2.36. The lowest BCUT2D eigenvalue weighted by molar-refractivity contribution is -0.116. The number of carbonyl (C=O) groups is 4. The Morgan fingerprint density at radius 2 is 1.13 bits per heavy atom. The van der Waals surface area contributed by atoms with Crippen molar-refractivity contribution in [3.63, 3.8) is 0 Å². The summed E-state index contributed by atoms with van der Waals surface area (Å²) < 4.78 is 3.61. The second-order valence-electron chi connectivity index (χ2n) is 9.70. The molecule has 12 nitrogen and oxygen atoms in total. The molecular formula is C26H30N8O4. The molecule has 2 fully saturated rings. The fraction of sp³-hybridized carbons (Fsp3) is 0.462. The topological polar surface area (TPSA) is 174 Å². The summed E-state index contributed by atoms with van der Waals surface area (Å²) in [6.07, 6.45) is 7.22. The zero-order valence-electron chi connectivity index (χ0n) is 21.0. The highest BCUT2D eigenvalue weighted by molar-refractivity contribution is 5.98. The van der Waals surface area contributed by atoms with Crippen LogP contribution in [-0.2, 0) is 22.7 Å². The molecule has 0 spiro atoms. The van der Waals surface area contributed by atoms with Crippen LogP contribution in [0.1, 0.15) is 59.5 Å². The van der Waals surface area contributed by atoms with Gasteiger partial charge in [0.25, 0.3) is 11.8 Å². The molecule has 12 heteroatoms. The maximum atomic E-state index is 12.9. The van der Waals surface area contributed by atoms with Gasteiger partial charge in [0.15, 0.2) is 0 Å². The van der Waals surface area contributed by atoms with Gasteiger partial charge in [-0.05, 0) is 49.7 Å². The van der Waals surface area contributed by atoms with Gasteiger partial charge in [0.05, 0.1) is 23.5 Å². The van der Waals surface area contributed by atoms with E-state index in [9.17, 15) is 19.2 Å². The van der Waals surface area contributed by atoms with Crippen LogP contribution >= 0.6 is 0 Å². The Hall–Kier alpha value is -4.58. The fourth-order valence-corrected chi connectivity index (χ4v) is 4.08. The molecule has 4 rings (SSSR count). The first-order valence-electron chi connectivity index (χ1n) is 12.7. The molecule has 38 heavy (non-hydrogen) atoms. The van der Waals surface area contributed by atoms with Gasteiger partial charge in [-0.2, -0.15) is 10.5 Å². The zero-order chi connectivity index (χ0) is 27.1. The molecule has 0 bridgehead atoms. The van der Waals surface area contributed by atoms with Crippen LogP contribution in [0, 0.1) is 34.5 Å².